The summed E-state index contributed by atoms with van der Waals surface area (Å²) >= 11 is 0. The Morgan fingerprint density at radius 1 is 1.53 bits per heavy atom. The zero-order valence-electron chi connectivity index (χ0n) is 10.7. The van der Waals surface area contributed by atoms with E-state index in [1.54, 1.807) is 0 Å². The molecule has 1 amide bonds. The summed E-state index contributed by atoms with van der Waals surface area (Å²) in [5.74, 6) is 0.332. The first-order chi connectivity index (χ1) is 9.04. The monoisotopic (exact) mass is 266 g/mol. The predicted octanol–water partition coefficient (Wildman–Crippen LogP) is 2.36. The highest BCUT2D eigenvalue weighted by Crippen LogP contribution is 2.32. The smallest absolute Gasteiger partial charge is 0.414 e. The molecule has 0 aliphatic rings. The number of amides is 1. The number of rotatable bonds is 5. The lowest BCUT2D eigenvalue weighted by Gasteiger charge is -2.19. The molecule has 0 radical (unpaired) electrons. The third-order valence-corrected chi connectivity index (χ3v) is 2.38. The lowest BCUT2D eigenvalue weighted by Crippen LogP contribution is -2.31. The highest BCUT2D eigenvalue weighted by atomic mass is 16.6. The number of nitro groups is 1. The molecule has 1 aromatic carbocycles. The van der Waals surface area contributed by atoms with E-state index in [0.29, 0.717) is 5.75 Å². The van der Waals surface area contributed by atoms with Crippen LogP contribution in [0, 0.1) is 10.1 Å². The fourth-order valence-electron chi connectivity index (χ4n) is 1.52. The van der Waals surface area contributed by atoms with E-state index < -0.39 is 11.0 Å². The van der Waals surface area contributed by atoms with E-state index in [4.69, 9.17) is 4.74 Å². The van der Waals surface area contributed by atoms with Gasteiger partial charge in [0.25, 0.3) is 5.69 Å². The van der Waals surface area contributed by atoms with Gasteiger partial charge in [0, 0.05) is 6.54 Å². The van der Waals surface area contributed by atoms with E-state index in [1.165, 1.54) is 38.5 Å². The number of carbonyl (C=O) groups excluding carboxylic acids is 1. The summed E-state index contributed by atoms with van der Waals surface area (Å²) in [5, 5.41) is 11.1. The molecule has 0 saturated heterocycles. The molecular weight excluding hydrogens is 252 g/mol. The first kappa shape index (κ1) is 14.5. The standard InChI is InChI=1S/C12H14N2O5/c1-4-7-13(12(15)19-3)10-6-5-9(18-2)8-11(10)14(16)17/h4-6,8H,1,7H2,2-3H3. The van der Waals surface area contributed by atoms with Gasteiger partial charge in [-0.1, -0.05) is 6.08 Å². The number of hydrogen-bond donors (Lipinski definition) is 0. The fraction of sp³-hybridized carbons (Fsp3) is 0.250. The van der Waals surface area contributed by atoms with Crippen molar-refractivity contribution in [2.45, 2.75) is 0 Å². The highest BCUT2D eigenvalue weighted by Gasteiger charge is 2.24. The number of benzene rings is 1. The van der Waals surface area contributed by atoms with Crippen LogP contribution in [0.1, 0.15) is 0 Å². The van der Waals surface area contributed by atoms with Crippen molar-refractivity contribution in [1.29, 1.82) is 0 Å². The molecule has 0 unspecified atom stereocenters. The van der Waals surface area contributed by atoms with Gasteiger partial charge in [0.05, 0.1) is 25.2 Å². The second-order valence-corrected chi connectivity index (χ2v) is 3.48. The second-order valence-electron chi connectivity index (χ2n) is 3.48. The summed E-state index contributed by atoms with van der Waals surface area (Å²) < 4.78 is 9.52. The fourth-order valence-corrected chi connectivity index (χ4v) is 1.52. The van der Waals surface area contributed by atoms with Crippen molar-refractivity contribution in [3.05, 3.63) is 41.0 Å². The van der Waals surface area contributed by atoms with E-state index in [-0.39, 0.29) is 17.9 Å². The molecule has 0 aliphatic carbocycles. The average molecular weight is 266 g/mol. The van der Waals surface area contributed by atoms with Gasteiger partial charge in [0.15, 0.2) is 0 Å². The van der Waals surface area contributed by atoms with Crippen LogP contribution in [0.2, 0.25) is 0 Å². The highest BCUT2D eigenvalue weighted by molar-refractivity contribution is 5.91. The van der Waals surface area contributed by atoms with Crippen LogP contribution in [0.3, 0.4) is 0 Å². The number of ether oxygens (including phenoxy) is 2. The Balaban J connectivity index is 3.32. The Morgan fingerprint density at radius 2 is 2.21 bits per heavy atom. The minimum Gasteiger partial charge on any atom is -0.496 e. The van der Waals surface area contributed by atoms with Crippen molar-refractivity contribution in [1.82, 2.24) is 0 Å². The molecule has 0 fully saturated rings. The van der Waals surface area contributed by atoms with Gasteiger partial charge in [-0.15, -0.1) is 6.58 Å². The Bertz CT molecular complexity index is 501. The summed E-state index contributed by atoms with van der Waals surface area (Å²) in [7, 11) is 2.61. The second kappa shape index (κ2) is 6.39. The lowest BCUT2D eigenvalue weighted by molar-refractivity contribution is -0.384. The predicted molar refractivity (Wildman–Crippen MR) is 69.6 cm³/mol. The Kier molecular flexibility index (Phi) is 4.87. The average Bonchev–Trinajstić information content (AvgIpc) is 2.43. The summed E-state index contributed by atoms with van der Waals surface area (Å²) in [6, 6.07) is 4.20. The topological polar surface area (TPSA) is 81.9 Å². The maximum Gasteiger partial charge on any atom is 0.414 e. The van der Waals surface area contributed by atoms with Crippen molar-refractivity contribution >= 4 is 17.5 Å². The zero-order chi connectivity index (χ0) is 14.4. The third-order valence-electron chi connectivity index (χ3n) is 2.38. The van der Waals surface area contributed by atoms with E-state index in [1.807, 2.05) is 0 Å². The zero-order valence-corrected chi connectivity index (χ0v) is 10.7. The molecular formula is C12H14N2O5. The maximum absolute atomic E-state index is 11.6. The van der Waals surface area contributed by atoms with Gasteiger partial charge >= 0.3 is 6.09 Å². The summed E-state index contributed by atoms with van der Waals surface area (Å²) in [6.07, 6.45) is 0.749. The van der Waals surface area contributed by atoms with Gasteiger partial charge in [0.1, 0.15) is 11.4 Å². The Labute approximate surface area is 110 Å². The molecule has 0 atom stereocenters. The van der Waals surface area contributed by atoms with Crippen molar-refractivity contribution in [3.63, 3.8) is 0 Å². The lowest BCUT2D eigenvalue weighted by atomic mass is 10.2. The number of hydrogen-bond acceptors (Lipinski definition) is 5. The number of carbonyl (C=O) groups is 1. The van der Waals surface area contributed by atoms with Crippen molar-refractivity contribution in [2.24, 2.45) is 0 Å². The molecule has 0 bridgehead atoms. The summed E-state index contributed by atoms with van der Waals surface area (Å²) in [4.78, 5) is 23.2. The number of anilines is 1. The molecule has 0 saturated carbocycles. The van der Waals surface area contributed by atoms with Crippen LogP contribution in [-0.4, -0.2) is 31.8 Å². The molecule has 19 heavy (non-hydrogen) atoms. The number of nitrogens with zero attached hydrogens (tertiary/aromatic N) is 2. The van der Waals surface area contributed by atoms with Crippen LogP contribution in [0.15, 0.2) is 30.9 Å². The summed E-state index contributed by atoms with van der Waals surface area (Å²) in [5.41, 5.74) is -0.121. The number of nitro benzene ring substituents is 1. The molecule has 0 aromatic heterocycles. The molecule has 0 spiro atoms. The minimum absolute atomic E-state index is 0.0971. The van der Waals surface area contributed by atoms with Crippen LogP contribution in [0.4, 0.5) is 16.2 Å². The largest absolute Gasteiger partial charge is 0.496 e. The molecule has 0 aliphatic heterocycles. The van der Waals surface area contributed by atoms with Crippen molar-refractivity contribution in [3.8, 4) is 5.75 Å². The van der Waals surface area contributed by atoms with Crippen LogP contribution >= 0.6 is 0 Å². The molecule has 7 nitrogen and oxygen atoms in total. The number of methoxy groups -OCH3 is 2. The first-order valence-corrected chi connectivity index (χ1v) is 5.34. The van der Waals surface area contributed by atoms with Crippen LogP contribution in [-0.2, 0) is 4.74 Å². The normalized spacial score (nSPS) is 9.58. The molecule has 1 rings (SSSR count). The molecule has 1 aromatic rings. The Hall–Kier alpha value is -2.57. The van der Waals surface area contributed by atoms with Gasteiger partial charge < -0.3 is 9.47 Å². The first-order valence-electron chi connectivity index (χ1n) is 5.34. The van der Waals surface area contributed by atoms with E-state index in [2.05, 4.69) is 11.3 Å². The quantitative estimate of drug-likeness (QED) is 0.464. The van der Waals surface area contributed by atoms with Crippen LogP contribution in [0.5, 0.6) is 5.75 Å². The van der Waals surface area contributed by atoms with E-state index in [0.717, 1.165) is 4.90 Å². The molecule has 0 N–H and O–H groups in total. The molecule has 102 valence electrons. The SMILES string of the molecule is C=CCN(C(=O)OC)c1ccc(OC)cc1[N+](=O)[O-]. The maximum atomic E-state index is 11.6. The third kappa shape index (κ3) is 3.21. The van der Waals surface area contributed by atoms with Crippen LogP contribution < -0.4 is 9.64 Å². The molecule has 7 heteroatoms. The Morgan fingerprint density at radius 3 is 2.68 bits per heavy atom. The van der Waals surface area contributed by atoms with Gasteiger partial charge in [-0.25, -0.2) is 4.79 Å². The molecule has 0 heterocycles. The van der Waals surface area contributed by atoms with E-state index >= 15 is 0 Å². The van der Waals surface area contributed by atoms with Crippen molar-refractivity contribution in [2.75, 3.05) is 25.7 Å². The van der Waals surface area contributed by atoms with Gasteiger partial charge in [-0.2, -0.15) is 0 Å². The van der Waals surface area contributed by atoms with Gasteiger partial charge in [0.2, 0.25) is 0 Å². The van der Waals surface area contributed by atoms with Crippen LogP contribution in [0.25, 0.3) is 0 Å². The van der Waals surface area contributed by atoms with Crippen molar-refractivity contribution < 1.29 is 19.2 Å². The van der Waals surface area contributed by atoms with Gasteiger partial charge in [-0.05, 0) is 12.1 Å². The van der Waals surface area contributed by atoms with Gasteiger partial charge in [-0.3, -0.25) is 15.0 Å². The van der Waals surface area contributed by atoms with E-state index in [9.17, 15) is 14.9 Å². The summed E-state index contributed by atoms with van der Waals surface area (Å²) in [6.45, 7) is 3.60. The minimum atomic E-state index is -0.701.